The predicted molar refractivity (Wildman–Crippen MR) is 128 cm³/mol. The number of amides is 2. The molecule has 33 heavy (non-hydrogen) atoms. The van der Waals surface area contributed by atoms with Gasteiger partial charge in [0.25, 0.3) is 5.91 Å². The fourth-order valence-corrected chi connectivity index (χ4v) is 5.60. The van der Waals surface area contributed by atoms with Crippen LogP contribution < -0.4 is 16.0 Å². The highest BCUT2D eigenvalue weighted by Crippen LogP contribution is 2.33. The summed E-state index contributed by atoms with van der Waals surface area (Å²) < 4.78 is 0. The molecule has 5 rings (SSSR count). The number of carboxylic acid groups (broad SMARTS) is 1. The molecule has 0 unspecified atom stereocenters. The first-order chi connectivity index (χ1) is 15.9. The Balaban J connectivity index is 1.25. The first kappa shape index (κ1) is 21.4. The number of nitrogens with zero attached hydrogens (tertiary/aromatic N) is 4. The number of carbonyl (C=O) groups is 2. The second kappa shape index (κ2) is 8.51. The Kier molecular flexibility index (Phi) is 5.53. The smallest absolute Gasteiger partial charge is 0.407 e. The monoisotopic (exact) mass is 466 g/mol. The molecule has 172 valence electrons. The van der Waals surface area contributed by atoms with Gasteiger partial charge < -0.3 is 26.0 Å². The van der Waals surface area contributed by atoms with E-state index in [1.807, 2.05) is 25.3 Å². The summed E-state index contributed by atoms with van der Waals surface area (Å²) in [5, 5.41) is 13.1. The molecule has 4 N–H and O–H groups in total. The lowest BCUT2D eigenvalue weighted by Gasteiger charge is -2.34. The number of hydrogen-bond donors (Lipinski definition) is 3. The van der Waals surface area contributed by atoms with Gasteiger partial charge in [-0.05, 0) is 55.5 Å². The lowest BCUT2D eigenvalue weighted by Crippen LogP contribution is -2.48. The fraction of sp³-hybridized carbons (Fsp3) is 0.391. The van der Waals surface area contributed by atoms with Gasteiger partial charge in [-0.25, -0.2) is 14.8 Å². The minimum atomic E-state index is -0.870. The minimum Gasteiger partial charge on any atom is -0.465 e. The number of piperazine rings is 1. The van der Waals surface area contributed by atoms with Crippen molar-refractivity contribution in [1.82, 2.24) is 20.2 Å². The zero-order valence-corrected chi connectivity index (χ0v) is 19.2. The predicted octanol–water partition coefficient (Wildman–Crippen LogP) is 2.67. The number of anilines is 2. The van der Waals surface area contributed by atoms with Crippen molar-refractivity contribution in [2.45, 2.75) is 32.2 Å². The molecule has 0 radical (unpaired) electrons. The Morgan fingerprint density at radius 2 is 2.00 bits per heavy atom. The van der Waals surface area contributed by atoms with Crippen LogP contribution in [0.25, 0.3) is 10.2 Å². The standard InChI is InChI=1S/C23H26N6O3S/c1-13-2-5-17-19(24)20(33-22(17)26-13)21(30)27-16-4-3-14-11-18(25-12-15(14)10-16)28-6-8-29(9-7-28)23(31)32/h2,5,11-12,16H,3-4,6-10,24H2,1H3,(H,27,30)(H,31,32)/t16-/m0/s1. The molecule has 2 aliphatic rings. The maximum Gasteiger partial charge on any atom is 0.407 e. The number of hydrogen-bond acceptors (Lipinski definition) is 7. The van der Waals surface area contributed by atoms with Crippen LogP contribution in [0.4, 0.5) is 16.3 Å². The third kappa shape index (κ3) is 4.18. The molecule has 1 aliphatic carbocycles. The summed E-state index contributed by atoms with van der Waals surface area (Å²) in [6, 6.07) is 5.96. The highest BCUT2D eigenvalue weighted by atomic mass is 32.1. The van der Waals surface area contributed by atoms with Gasteiger partial charge in [0, 0.05) is 49.5 Å². The molecule has 0 saturated carbocycles. The highest BCUT2D eigenvalue weighted by Gasteiger charge is 2.26. The Bertz CT molecular complexity index is 1230. The van der Waals surface area contributed by atoms with Crippen LogP contribution in [0.2, 0.25) is 0 Å². The molecule has 3 aromatic heterocycles. The first-order valence-electron chi connectivity index (χ1n) is 11.1. The Labute approximate surface area is 195 Å². The van der Waals surface area contributed by atoms with E-state index in [9.17, 15) is 9.59 Å². The van der Waals surface area contributed by atoms with E-state index in [1.54, 1.807) is 0 Å². The number of rotatable bonds is 3. The summed E-state index contributed by atoms with van der Waals surface area (Å²) in [4.78, 5) is 38.1. The molecule has 1 saturated heterocycles. The van der Waals surface area contributed by atoms with Crippen LogP contribution in [0.1, 0.15) is 32.9 Å². The van der Waals surface area contributed by atoms with E-state index in [2.05, 4.69) is 26.3 Å². The van der Waals surface area contributed by atoms with Crippen LogP contribution in [0.3, 0.4) is 0 Å². The van der Waals surface area contributed by atoms with Crippen molar-refractivity contribution in [2.75, 3.05) is 36.8 Å². The molecule has 9 nitrogen and oxygen atoms in total. The zero-order chi connectivity index (χ0) is 23.1. The second-order valence-electron chi connectivity index (χ2n) is 8.63. The average Bonchev–Trinajstić information content (AvgIpc) is 3.14. The van der Waals surface area contributed by atoms with Crippen LogP contribution in [0, 0.1) is 6.92 Å². The Morgan fingerprint density at radius 1 is 1.21 bits per heavy atom. The van der Waals surface area contributed by atoms with Gasteiger partial charge in [0.15, 0.2) is 0 Å². The van der Waals surface area contributed by atoms with Crippen molar-refractivity contribution in [3.05, 3.63) is 46.1 Å². The van der Waals surface area contributed by atoms with Gasteiger partial charge in [0.05, 0.1) is 5.69 Å². The van der Waals surface area contributed by atoms with Gasteiger partial charge in [-0.15, -0.1) is 11.3 Å². The van der Waals surface area contributed by atoms with Gasteiger partial charge in [0.2, 0.25) is 0 Å². The topological polar surface area (TPSA) is 125 Å². The Hall–Kier alpha value is -3.40. The van der Waals surface area contributed by atoms with Crippen molar-refractivity contribution in [3.8, 4) is 0 Å². The summed E-state index contributed by atoms with van der Waals surface area (Å²) in [7, 11) is 0. The molecule has 1 aliphatic heterocycles. The molecule has 0 spiro atoms. The zero-order valence-electron chi connectivity index (χ0n) is 18.4. The largest absolute Gasteiger partial charge is 0.465 e. The van der Waals surface area contributed by atoms with Gasteiger partial charge in [-0.3, -0.25) is 4.79 Å². The number of thiophene rings is 1. The number of nitrogens with one attached hydrogen (secondary N) is 1. The number of nitrogen functional groups attached to an aromatic ring is 1. The first-order valence-corrected chi connectivity index (χ1v) is 11.9. The van der Waals surface area contributed by atoms with Crippen LogP contribution in [-0.2, 0) is 12.8 Å². The maximum atomic E-state index is 13.0. The summed E-state index contributed by atoms with van der Waals surface area (Å²) in [6.45, 7) is 4.17. The highest BCUT2D eigenvalue weighted by molar-refractivity contribution is 7.21. The van der Waals surface area contributed by atoms with E-state index in [1.165, 1.54) is 21.8 Å². The lowest BCUT2D eigenvalue weighted by molar-refractivity contribution is 0.0938. The van der Waals surface area contributed by atoms with Gasteiger partial charge >= 0.3 is 6.09 Å². The summed E-state index contributed by atoms with van der Waals surface area (Å²) in [5.41, 5.74) is 10.0. The molecule has 0 aromatic carbocycles. The molecule has 4 heterocycles. The van der Waals surface area contributed by atoms with Gasteiger partial charge in [-0.1, -0.05) is 0 Å². The van der Waals surface area contributed by atoms with Crippen molar-refractivity contribution in [1.29, 1.82) is 0 Å². The quantitative estimate of drug-likeness (QED) is 0.542. The normalized spacial score (nSPS) is 18.3. The lowest BCUT2D eigenvalue weighted by atomic mass is 9.89. The summed E-state index contributed by atoms with van der Waals surface area (Å²) in [6.07, 6.45) is 3.45. The number of aryl methyl sites for hydroxylation is 2. The van der Waals surface area contributed by atoms with E-state index in [0.29, 0.717) is 36.7 Å². The molecule has 2 amide bonds. The van der Waals surface area contributed by atoms with E-state index in [0.717, 1.165) is 46.6 Å². The van der Waals surface area contributed by atoms with Gasteiger partial charge in [-0.2, -0.15) is 0 Å². The third-order valence-corrected chi connectivity index (χ3v) is 7.56. The molecule has 10 heteroatoms. The van der Waals surface area contributed by atoms with Crippen molar-refractivity contribution in [2.24, 2.45) is 0 Å². The number of fused-ring (bicyclic) bond motifs is 2. The van der Waals surface area contributed by atoms with Crippen LogP contribution in [0.15, 0.2) is 24.4 Å². The van der Waals surface area contributed by atoms with Crippen LogP contribution in [-0.4, -0.2) is 64.2 Å². The Morgan fingerprint density at radius 3 is 2.76 bits per heavy atom. The SMILES string of the molecule is Cc1ccc2c(N)c(C(=O)N[C@H]3CCc4cc(N5CCN(C(=O)O)CC5)ncc4C3)sc2n1. The van der Waals surface area contributed by atoms with Gasteiger partial charge in [0.1, 0.15) is 15.5 Å². The molecule has 3 aromatic rings. The maximum absolute atomic E-state index is 13.0. The summed E-state index contributed by atoms with van der Waals surface area (Å²) >= 11 is 1.33. The van der Waals surface area contributed by atoms with Crippen LogP contribution in [0.5, 0.6) is 0 Å². The molecular formula is C23H26N6O3S. The van der Waals surface area contributed by atoms with E-state index in [4.69, 9.17) is 10.8 Å². The van der Waals surface area contributed by atoms with E-state index in [-0.39, 0.29) is 11.9 Å². The number of pyridine rings is 2. The molecular weight excluding hydrogens is 440 g/mol. The second-order valence-corrected chi connectivity index (χ2v) is 9.63. The van der Waals surface area contributed by atoms with Crippen molar-refractivity contribution in [3.63, 3.8) is 0 Å². The number of nitrogens with two attached hydrogens (primary N) is 1. The average molecular weight is 467 g/mol. The van der Waals surface area contributed by atoms with Crippen LogP contribution >= 0.6 is 11.3 Å². The number of carbonyl (C=O) groups excluding carboxylic acids is 1. The fourth-order valence-electron chi connectivity index (χ4n) is 4.56. The molecule has 1 atom stereocenters. The van der Waals surface area contributed by atoms with E-state index >= 15 is 0 Å². The van der Waals surface area contributed by atoms with Crippen molar-refractivity contribution >= 4 is 45.1 Å². The van der Waals surface area contributed by atoms with E-state index < -0.39 is 6.09 Å². The number of aromatic nitrogens is 2. The molecule has 0 bridgehead atoms. The minimum absolute atomic E-state index is 0.0241. The van der Waals surface area contributed by atoms with Crippen molar-refractivity contribution < 1.29 is 14.7 Å². The third-order valence-electron chi connectivity index (χ3n) is 6.45. The molecule has 1 fully saturated rings. The summed E-state index contributed by atoms with van der Waals surface area (Å²) in [5.74, 6) is 0.740.